The van der Waals surface area contributed by atoms with Crippen LogP contribution in [-0.4, -0.2) is 14.5 Å². The molecule has 0 saturated heterocycles. The lowest BCUT2D eigenvalue weighted by Crippen LogP contribution is -2.04. The van der Waals surface area contributed by atoms with Crippen LogP contribution in [0.1, 0.15) is 20.9 Å². The maximum atomic E-state index is 6.03. The van der Waals surface area contributed by atoms with E-state index in [1.807, 2.05) is 17.6 Å². The van der Waals surface area contributed by atoms with Crippen molar-refractivity contribution in [2.24, 2.45) is 0 Å². The Morgan fingerprint density at radius 3 is 2.74 bits per heavy atom. The Hall–Kier alpha value is -1.88. The molecule has 0 fully saturated rings. The number of anilines is 1. The minimum Gasteiger partial charge on any atom is -0.369 e. The van der Waals surface area contributed by atoms with E-state index in [1.54, 1.807) is 17.5 Å². The topological polar surface area (TPSA) is 56.7 Å². The van der Waals surface area contributed by atoms with Gasteiger partial charge in [0.1, 0.15) is 5.52 Å². The van der Waals surface area contributed by atoms with Crippen LogP contribution < -0.4 is 5.73 Å². The summed E-state index contributed by atoms with van der Waals surface area (Å²) < 4.78 is 1.98. The van der Waals surface area contributed by atoms with Crippen LogP contribution in [0.4, 0.5) is 5.95 Å². The van der Waals surface area contributed by atoms with Crippen LogP contribution in [0.3, 0.4) is 0 Å². The Balaban J connectivity index is 2.10. The van der Waals surface area contributed by atoms with Crippen LogP contribution in [-0.2, 0) is 6.54 Å². The zero-order chi connectivity index (χ0) is 13.6. The second-order valence-electron chi connectivity index (χ2n) is 4.81. The lowest BCUT2D eigenvalue weighted by molar-refractivity contribution is 0.841. The van der Waals surface area contributed by atoms with E-state index in [2.05, 4.69) is 29.9 Å². The molecule has 0 bridgehead atoms. The summed E-state index contributed by atoms with van der Waals surface area (Å²) in [6.45, 7) is 7.03. The molecule has 3 aromatic heterocycles. The van der Waals surface area contributed by atoms with Gasteiger partial charge in [0.25, 0.3) is 0 Å². The predicted molar refractivity (Wildman–Crippen MR) is 79.6 cm³/mol. The number of imidazole rings is 1. The highest BCUT2D eigenvalue weighted by molar-refractivity contribution is 7.12. The third-order valence-corrected chi connectivity index (χ3v) is 4.53. The molecule has 0 unspecified atom stereocenters. The van der Waals surface area contributed by atoms with Crippen molar-refractivity contribution in [3.05, 3.63) is 39.2 Å². The SMILES string of the molecule is Cc1cc(Cn2c(N)nc3c(C)ccnc32)sc1C. The van der Waals surface area contributed by atoms with Crippen molar-refractivity contribution in [2.75, 3.05) is 5.73 Å². The molecule has 0 aliphatic heterocycles. The fourth-order valence-corrected chi connectivity index (χ4v) is 3.24. The molecule has 98 valence electrons. The maximum absolute atomic E-state index is 6.03. The van der Waals surface area contributed by atoms with Crippen LogP contribution in [0, 0.1) is 20.8 Å². The van der Waals surface area contributed by atoms with Gasteiger partial charge in [-0.25, -0.2) is 9.97 Å². The highest BCUT2D eigenvalue weighted by Gasteiger charge is 2.12. The van der Waals surface area contributed by atoms with Gasteiger partial charge in [0, 0.05) is 16.0 Å². The highest BCUT2D eigenvalue weighted by Crippen LogP contribution is 2.25. The summed E-state index contributed by atoms with van der Waals surface area (Å²) in [5.74, 6) is 0.528. The summed E-state index contributed by atoms with van der Waals surface area (Å²) in [6.07, 6.45) is 1.81. The quantitative estimate of drug-likeness (QED) is 0.780. The number of thiophene rings is 1. The van der Waals surface area contributed by atoms with E-state index in [0.717, 1.165) is 23.3 Å². The second-order valence-corrected chi connectivity index (χ2v) is 6.15. The van der Waals surface area contributed by atoms with Gasteiger partial charge in [-0.05, 0) is 44.0 Å². The number of rotatable bonds is 2. The number of nitrogens with zero attached hydrogens (tertiary/aromatic N) is 3. The smallest absolute Gasteiger partial charge is 0.202 e. The van der Waals surface area contributed by atoms with Crippen LogP contribution in [0.2, 0.25) is 0 Å². The van der Waals surface area contributed by atoms with Gasteiger partial charge < -0.3 is 5.73 Å². The first-order valence-corrected chi connectivity index (χ1v) is 7.01. The molecule has 0 amide bonds. The van der Waals surface area contributed by atoms with Crippen molar-refractivity contribution < 1.29 is 0 Å². The van der Waals surface area contributed by atoms with Gasteiger partial charge in [-0.2, -0.15) is 0 Å². The Morgan fingerprint density at radius 1 is 1.26 bits per heavy atom. The second kappa shape index (κ2) is 4.35. The maximum Gasteiger partial charge on any atom is 0.202 e. The summed E-state index contributed by atoms with van der Waals surface area (Å²) in [7, 11) is 0. The van der Waals surface area contributed by atoms with E-state index >= 15 is 0 Å². The van der Waals surface area contributed by atoms with E-state index in [-0.39, 0.29) is 0 Å². The van der Waals surface area contributed by atoms with Crippen molar-refractivity contribution in [3.8, 4) is 0 Å². The third-order valence-electron chi connectivity index (χ3n) is 3.40. The molecular weight excluding hydrogens is 256 g/mol. The molecule has 0 radical (unpaired) electrons. The van der Waals surface area contributed by atoms with Crippen molar-refractivity contribution in [3.63, 3.8) is 0 Å². The Kier molecular flexibility index (Phi) is 2.78. The van der Waals surface area contributed by atoms with Crippen molar-refractivity contribution >= 4 is 28.4 Å². The summed E-state index contributed by atoms with van der Waals surface area (Å²) in [5.41, 5.74) is 10.2. The average Bonchev–Trinajstić information content (AvgIpc) is 2.84. The lowest BCUT2D eigenvalue weighted by atomic mass is 10.2. The zero-order valence-corrected chi connectivity index (χ0v) is 12.1. The van der Waals surface area contributed by atoms with Crippen molar-refractivity contribution in [2.45, 2.75) is 27.3 Å². The minimum atomic E-state index is 0.528. The number of fused-ring (bicyclic) bond motifs is 1. The molecule has 0 atom stereocenters. The molecule has 5 heteroatoms. The van der Waals surface area contributed by atoms with Gasteiger partial charge >= 0.3 is 0 Å². The molecule has 3 heterocycles. The molecule has 0 spiro atoms. The van der Waals surface area contributed by atoms with Crippen molar-refractivity contribution in [1.29, 1.82) is 0 Å². The monoisotopic (exact) mass is 272 g/mol. The van der Waals surface area contributed by atoms with Gasteiger partial charge in [0.05, 0.1) is 6.54 Å². The Bertz CT molecular complexity index is 735. The number of pyridine rings is 1. The lowest BCUT2D eigenvalue weighted by Gasteiger charge is -2.03. The van der Waals surface area contributed by atoms with E-state index in [9.17, 15) is 0 Å². The van der Waals surface area contributed by atoms with Crippen LogP contribution in [0.15, 0.2) is 18.3 Å². The summed E-state index contributed by atoms with van der Waals surface area (Å²) in [6, 6.07) is 4.17. The molecule has 0 aromatic carbocycles. The molecule has 0 saturated carbocycles. The largest absolute Gasteiger partial charge is 0.369 e. The van der Waals surface area contributed by atoms with E-state index < -0.39 is 0 Å². The van der Waals surface area contributed by atoms with E-state index in [4.69, 9.17) is 5.73 Å². The number of hydrogen-bond donors (Lipinski definition) is 1. The highest BCUT2D eigenvalue weighted by atomic mass is 32.1. The molecule has 0 aliphatic carbocycles. The van der Waals surface area contributed by atoms with Crippen molar-refractivity contribution in [1.82, 2.24) is 14.5 Å². The van der Waals surface area contributed by atoms with Gasteiger partial charge in [-0.15, -0.1) is 11.3 Å². The van der Waals surface area contributed by atoms with E-state index in [1.165, 1.54) is 15.3 Å². The Labute approximate surface area is 115 Å². The number of nitrogens with two attached hydrogens (primary N) is 1. The first kappa shape index (κ1) is 12.2. The van der Waals surface area contributed by atoms with Gasteiger partial charge in [-0.3, -0.25) is 4.57 Å². The molecule has 3 rings (SSSR count). The fourth-order valence-electron chi connectivity index (χ4n) is 2.19. The fraction of sp³-hybridized carbons (Fsp3) is 0.286. The number of hydrogen-bond acceptors (Lipinski definition) is 4. The first-order valence-electron chi connectivity index (χ1n) is 6.19. The van der Waals surface area contributed by atoms with Crippen LogP contribution in [0.5, 0.6) is 0 Å². The van der Waals surface area contributed by atoms with Crippen LogP contribution in [0.25, 0.3) is 11.2 Å². The molecule has 4 nitrogen and oxygen atoms in total. The summed E-state index contributed by atoms with van der Waals surface area (Å²) in [5, 5.41) is 0. The summed E-state index contributed by atoms with van der Waals surface area (Å²) in [4.78, 5) is 11.5. The zero-order valence-electron chi connectivity index (χ0n) is 11.3. The number of nitrogen functional groups attached to an aromatic ring is 1. The van der Waals surface area contributed by atoms with Crippen LogP contribution >= 0.6 is 11.3 Å². The number of aryl methyl sites for hydroxylation is 3. The van der Waals surface area contributed by atoms with Gasteiger partial charge in [-0.1, -0.05) is 0 Å². The molecule has 2 N–H and O–H groups in total. The summed E-state index contributed by atoms with van der Waals surface area (Å²) >= 11 is 1.80. The van der Waals surface area contributed by atoms with Gasteiger partial charge in [0.2, 0.25) is 5.95 Å². The molecule has 19 heavy (non-hydrogen) atoms. The normalized spacial score (nSPS) is 11.3. The number of aromatic nitrogens is 3. The minimum absolute atomic E-state index is 0.528. The predicted octanol–water partition coefficient (Wildman–Crippen LogP) is 3.05. The van der Waals surface area contributed by atoms with Gasteiger partial charge in [0.15, 0.2) is 5.65 Å². The molecule has 3 aromatic rings. The molecule has 0 aliphatic rings. The first-order chi connectivity index (χ1) is 9.06. The Morgan fingerprint density at radius 2 is 2.05 bits per heavy atom. The standard InChI is InChI=1S/C14H16N4S/c1-8-4-5-16-13-12(8)17-14(15)18(13)7-11-6-9(2)10(3)19-11/h4-6H,7H2,1-3H3,(H2,15,17). The molecular formula is C14H16N4S. The third kappa shape index (κ3) is 2.00. The van der Waals surface area contributed by atoms with E-state index in [0.29, 0.717) is 5.95 Å². The average molecular weight is 272 g/mol.